The van der Waals surface area contributed by atoms with Gasteiger partial charge in [0, 0.05) is 30.6 Å². The number of nitrogens with one attached hydrogen (secondary N) is 1. The third-order valence-corrected chi connectivity index (χ3v) is 4.15. The molecule has 0 aliphatic carbocycles. The van der Waals surface area contributed by atoms with Crippen molar-refractivity contribution >= 4 is 16.3 Å². The summed E-state index contributed by atoms with van der Waals surface area (Å²) in [6, 6.07) is 4.32. The molecule has 0 saturated carbocycles. The minimum absolute atomic E-state index is 0.185. The molecule has 0 aliphatic heterocycles. The van der Waals surface area contributed by atoms with Gasteiger partial charge in [0.2, 0.25) is 0 Å². The molecular formula is C15H19N3OS. The molecule has 4 nitrogen and oxygen atoms in total. The van der Waals surface area contributed by atoms with Gasteiger partial charge < -0.3 is 9.73 Å². The number of furan rings is 1. The Labute approximate surface area is 122 Å². The molecule has 5 heteroatoms. The lowest BCUT2D eigenvalue weighted by Gasteiger charge is -2.14. The van der Waals surface area contributed by atoms with Crippen molar-refractivity contribution in [1.29, 1.82) is 0 Å². The van der Waals surface area contributed by atoms with E-state index in [0.717, 1.165) is 41.6 Å². The topological polar surface area (TPSA) is 42.5 Å². The van der Waals surface area contributed by atoms with Crippen LogP contribution in [-0.4, -0.2) is 15.9 Å². The Morgan fingerprint density at radius 2 is 2.30 bits per heavy atom. The van der Waals surface area contributed by atoms with Crippen LogP contribution >= 0.6 is 11.3 Å². The smallest absolute Gasteiger partial charge is 0.193 e. The molecule has 0 saturated heterocycles. The molecule has 0 radical (unpaired) electrons. The highest BCUT2D eigenvalue weighted by molar-refractivity contribution is 7.15. The summed E-state index contributed by atoms with van der Waals surface area (Å²) < 4.78 is 7.95. The summed E-state index contributed by atoms with van der Waals surface area (Å²) in [5.74, 6) is 2.04. The average Bonchev–Trinajstić information content (AvgIpc) is 3.13. The molecule has 3 heterocycles. The monoisotopic (exact) mass is 289 g/mol. The molecule has 0 bridgehead atoms. The van der Waals surface area contributed by atoms with Crippen molar-refractivity contribution in [1.82, 2.24) is 14.7 Å². The van der Waals surface area contributed by atoms with Gasteiger partial charge in [0.1, 0.15) is 11.5 Å². The minimum atomic E-state index is 0.185. The standard InChI is InChI=1S/C15H19N3OS/c1-3-12-5-6-14(19-12)13(16-4-2)9-11-10-18-7-8-20-15(18)17-11/h5-8,10,13,16H,3-4,9H2,1-2H3. The Balaban J connectivity index is 1.81. The third-order valence-electron chi connectivity index (χ3n) is 3.38. The van der Waals surface area contributed by atoms with Gasteiger partial charge in [-0.25, -0.2) is 4.98 Å². The number of aryl methyl sites for hydroxylation is 1. The van der Waals surface area contributed by atoms with Gasteiger partial charge in [-0.05, 0) is 18.7 Å². The fraction of sp³-hybridized carbons (Fsp3) is 0.400. The maximum Gasteiger partial charge on any atom is 0.193 e. The van der Waals surface area contributed by atoms with Crippen molar-refractivity contribution in [2.45, 2.75) is 32.7 Å². The number of imidazole rings is 1. The average molecular weight is 289 g/mol. The van der Waals surface area contributed by atoms with Crippen molar-refractivity contribution in [2.75, 3.05) is 6.54 Å². The van der Waals surface area contributed by atoms with Gasteiger partial charge in [-0.3, -0.25) is 4.40 Å². The van der Waals surface area contributed by atoms with Gasteiger partial charge in [0.25, 0.3) is 0 Å². The fourth-order valence-corrected chi connectivity index (χ4v) is 3.09. The predicted molar refractivity (Wildman–Crippen MR) is 81.3 cm³/mol. The SMILES string of the molecule is CCNC(Cc1cn2ccsc2n1)c1ccc(CC)o1. The van der Waals surface area contributed by atoms with E-state index in [2.05, 4.69) is 46.9 Å². The Morgan fingerprint density at radius 1 is 1.40 bits per heavy atom. The van der Waals surface area contributed by atoms with E-state index < -0.39 is 0 Å². The number of hydrogen-bond acceptors (Lipinski definition) is 4. The lowest BCUT2D eigenvalue weighted by molar-refractivity contribution is 0.395. The lowest BCUT2D eigenvalue weighted by atomic mass is 10.1. The molecule has 1 unspecified atom stereocenters. The van der Waals surface area contributed by atoms with Gasteiger partial charge in [-0.1, -0.05) is 13.8 Å². The molecule has 0 spiro atoms. The molecule has 0 amide bonds. The number of nitrogens with zero attached hydrogens (tertiary/aromatic N) is 2. The number of fused-ring (bicyclic) bond motifs is 1. The summed E-state index contributed by atoms with van der Waals surface area (Å²) in [5.41, 5.74) is 1.09. The second-order valence-electron chi connectivity index (χ2n) is 4.80. The van der Waals surface area contributed by atoms with Crippen LogP contribution in [0, 0.1) is 0 Å². The van der Waals surface area contributed by atoms with Gasteiger partial charge in [-0.15, -0.1) is 11.3 Å². The molecular weight excluding hydrogens is 270 g/mol. The van der Waals surface area contributed by atoms with Crippen LogP contribution in [0.25, 0.3) is 4.96 Å². The maximum absolute atomic E-state index is 5.88. The summed E-state index contributed by atoms with van der Waals surface area (Å²) in [6.07, 6.45) is 5.92. The summed E-state index contributed by atoms with van der Waals surface area (Å²) >= 11 is 1.66. The van der Waals surface area contributed by atoms with E-state index in [9.17, 15) is 0 Å². The first-order valence-electron chi connectivity index (χ1n) is 7.03. The fourth-order valence-electron chi connectivity index (χ4n) is 2.38. The van der Waals surface area contributed by atoms with Crippen molar-refractivity contribution in [3.05, 3.63) is 47.1 Å². The highest BCUT2D eigenvalue weighted by atomic mass is 32.1. The van der Waals surface area contributed by atoms with E-state index in [1.807, 2.05) is 11.6 Å². The first-order valence-corrected chi connectivity index (χ1v) is 7.91. The lowest BCUT2D eigenvalue weighted by Crippen LogP contribution is -2.22. The quantitative estimate of drug-likeness (QED) is 0.756. The third kappa shape index (κ3) is 2.64. The molecule has 3 aromatic heterocycles. The van der Waals surface area contributed by atoms with Gasteiger partial charge >= 0.3 is 0 Å². The van der Waals surface area contributed by atoms with Gasteiger partial charge in [-0.2, -0.15) is 0 Å². The van der Waals surface area contributed by atoms with E-state index in [1.54, 1.807) is 11.3 Å². The van der Waals surface area contributed by atoms with Crippen LogP contribution in [0.4, 0.5) is 0 Å². The highest BCUT2D eigenvalue weighted by Gasteiger charge is 2.17. The zero-order valence-corrected chi connectivity index (χ0v) is 12.6. The number of rotatable bonds is 6. The van der Waals surface area contributed by atoms with Crippen LogP contribution in [0.3, 0.4) is 0 Å². The Hall–Kier alpha value is -1.59. The summed E-state index contributed by atoms with van der Waals surface area (Å²) in [4.78, 5) is 5.69. The summed E-state index contributed by atoms with van der Waals surface area (Å²) in [7, 11) is 0. The van der Waals surface area contributed by atoms with Crippen molar-refractivity contribution < 1.29 is 4.42 Å². The molecule has 106 valence electrons. The highest BCUT2D eigenvalue weighted by Crippen LogP contribution is 2.22. The molecule has 3 aromatic rings. The van der Waals surface area contributed by atoms with Crippen molar-refractivity contribution in [3.63, 3.8) is 0 Å². The Bertz CT molecular complexity index is 653. The molecule has 0 aromatic carbocycles. The zero-order chi connectivity index (χ0) is 13.9. The van der Waals surface area contributed by atoms with E-state index >= 15 is 0 Å². The van der Waals surface area contributed by atoms with Crippen LogP contribution in [0.1, 0.15) is 37.1 Å². The normalized spacial score (nSPS) is 13.1. The molecule has 1 atom stereocenters. The van der Waals surface area contributed by atoms with Crippen LogP contribution in [-0.2, 0) is 12.8 Å². The largest absolute Gasteiger partial charge is 0.464 e. The Morgan fingerprint density at radius 3 is 3.00 bits per heavy atom. The molecule has 0 aliphatic rings. The molecule has 0 fully saturated rings. The number of aromatic nitrogens is 2. The molecule has 1 N–H and O–H groups in total. The second kappa shape index (κ2) is 5.81. The van der Waals surface area contributed by atoms with Crippen molar-refractivity contribution in [3.8, 4) is 0 Å². The van der Waals surface area contributed by atoms with Crippen LogP contribution in [0.2, 0.25) is 0 Å². The van der Waals surface area contributed by atoms with Crippen LogP contribution < -0.4 is 5.32 Å². The number of likely N-dealkylation sites (N-methyl/N-ethyl adjacent to an activating group) is 1. The Kier molecular flexibility index (Phi) is 3.89. The van der Waals surface area contributed by atoms with Gasteiger partial charge in [0.15, 0.2) is 4.96 Å². The summed E-state index contributed by atoms with van der Waals surface area (Å²) in [5, 5.41) is 5.53. The zero-order valence-electron chi connectivity index (χ0n) is 11.8. The van der Waals surface area contributed by atoms with Crippen LogP contribution in [0.15, 0.2) is 34.3 Å². The first-order chi connectivity index (χ1) is 9.80. The molecule has 3 rings (SSSR count). The minimum Gasteiger partial charge on any atom is -0.464 e. The van der Waals surface area contributed by atoms with Crippen molar-refractivity contribution in [2.24, 2.45) is 0 Å². The first kappa shape index (κ1) is 13.4. The number of thiazole rings is 1. The predicted octanol–water partition coefficient (Wildman–Crippen LogP) is 3.44. The number of hydrogen-bond donors (Lipinski definition) is 1. The maximum atomic E-state index is 5.88. The van der Waals surface area contributed by atoms with E-state index in [-0.39, 0.29) is 6.04 Å². The van der Waals surface area contributed by atoms with E-state index in [1.165, 1.54) is 0 Å². The summed E-state index contributed by atoms with van der Waals surface area (Å²) in [6.45, 7) is 5.13. The van der Waals surface area contributed by atoms with E-state index in [0.29, 0.717) is 0 Å². The van der Waals surface area contributed by atoms with E-state index in [4.69, 9.17) is 4.42 Å². The van der Waals surface area contributed by atoms with Gasteiger partial charge in [0.05, 0.1) is 11.7 Å². The molecule has 20 heavy (non-hydrogen) atoms. The van der Waals surface area contributed by atoms with Crippen LogP contribution in [0.5, 0.6) is 0 Å². The second-order valence-corrected chi connectivity index (χ2v) is 5.67.